The molecule has 0 saturated heterocycles. The Morgan fingerprint density at radius 1 is 1.15 bits per heavy atom. The monoisotopic (exact) mass is 414 g/mol. The lowest BCUT2D eigenvalue weighted by Crippen LogP contribution is -2.40. The van der Waals surface area contributed by atoms with Gasteiger partial charge in [-0.2, -0.15) is 0 Å². The second-order valence-corrected chi connectivity index (χ2v) is 8.40. The molecule has 8 heteroatoms. The zero-order valence-electron chi connectivity index (χ0n) is 13.9. The van der Waals surface area contributed by atoms with Gasteiger partial charge >= 0.3 is 0 Å². The minimum atomic E-state index is -3.68. The van der Waals surface area contributed by atoms with Crippen molar-refractivity contribution in [3.8, 4) is 0 Å². The van der Waals surface area contributed by atoms with E-state index in [-0.39, 0.29) is 23.3 Å². The van der Waals surface area contributed by atoms with Crippen molar-refractivity contribution < 1.29 is 13.2 Å². The lowest BCUT2D eigenvalue weighted by molar-refractivity contribution is -0.118. The highest BCUT2D eigenvalue weighted by atomic mass is 35.5. The van der Waals surface area contributed by atoms with Crippen molar-refractivity contribution in [2.75, 3.05) is 18.8 Å². The van der Waals surface area contributed by atoms with E-state index in [0.29, 0.717) is 11.6 Å². The largest absolute Gasteiger partial charge is 0.353 e. The fourth-order valence-corrected chi connectivity index (χ4v) is 4.23. The third-order valence-electron chi connectivity index (χ3n) is 4.21. The molecular weight excluding hydrogens is 395 g/mol. The van der Waals surface area contributed by atoms with Gasteiger partial charge in [-0.3, -0.25) is 4.79 Å². The predicted octanol–water partition coefficient (Wildman–Crippen LogP) is 2.54. The van der Waals surface area contributed by atoms with Gasteiger partial charge < -0.3 is 10.6 Å². The molecule has 1 aliphatic heterocycles. The maximum atomic E-state index is 12.3. The molecule has 5 nitrogen and oxygen atoms in total. The van der Waals surface area contributed by atoms with Crippen molar-refractivity contribution in [3.63, 3.8) is 0 Å². The number of fused-ring (bicyclic) bond motifs is 1. The highest BCUT2D eigenvalue weighted by molar-refractivity contribution is 7.92. The molecule has 0 saturated carbocycles. The van der Waals surface area contributed by atoms with E-state index in [0.717, 1.165) is 18.5 Å². The van der Waals surface area contributed by atoms with Gasteiger partial charge in [0, 0.05) is 17.6 Å². The topological polar surface area (TPSA) is 75.3 Å². The van der Waals surface area contributed by atoms with Crippen LogP contribution in [0.15, 0.2) is 53.4 Å². The van der Waals surface area contributed by atoms with E-state index in [1.165, 1.54) is 29.8 Å². The van der Waals surface area contributed by atoms with Crippen LogP contribution in [0.3, 0.4) is 0 Å². The number of hydrogen-bond acceptors (Lipinski definition) is 4. The van der Waals surface area contributed by atoms with E-state index in [2.05, 4.69) is 16.7 Å². The lowest BCUT2D eigenvalue weighted by atomic mass is 9.94. The van der Waals surface area contributed by atoms with E-state index in [4.69, 9.17) is 11.6 Å². The van der Waals surface area contributed by atoms with E-state index in [9.17, 15) is 13.2 Å². The van der Waals surface area contributed by atoms with Crippen LogP contribution >= 0.6 is 24.0 Å². The number of hydrogen-bond donors (Lipinski definition) is 2. The summed E-state index contributed by atoms with van der Waals surface area (Å²) in [6, 6.07) is 13.9. The molecule has 1 atom stereocenters. The molecule has 1 heterocycles. The van der Waals surface area contributed by atoms with E-state index in [1.807, 2.05) is 18.2 Å². The summed E-state index contributed by atoms with van der Waals surface area (Å²) in [6.45, 7) is 1.19. The molecule has 0 aromatic heterocycles. The fourth-order valence-electron chi connectivity index (χ4n) is 2.94. The maximum absolute atomic E-state index is 12.3. The predicted molar refractivity (Wildman–Crippen MR) is 105 cm³/mol. The third kappa shape index (κ3) is 4.98. The molecule has 3 rings (SSSR count). The first kappa shape index (κ1) is 20.7. The Labute approximate surface area is 164 Å². The Bertz CT molecular complexity index is 870. The molecule has 26 heavy (non-hydrogen) atoms. The zero-order valence-corrected chi connectivity index (χ0v) is 16.3. The van der Waals surface area contributed by atoms with Gasteiger partial charge in [-0.1, -0.05) is 35.9 Å². The van der Waals surface area contributed by atoms with Gasteiger partial charge in [0.05, 0.1) is 4.90 Å². The lowest BCUT2D eigenvalue weighted by Gasteiger charge is -2.27. The van der Waals surface area contributed by atoms with Gasteiger partial charge in [0.15, 0.2) is 9.84 Å². The molecule has 0 radical (unpaired) electrons. The first-order valence-corrected chi connectivity index (χ1v) is 10.0. The van der Waals surface area contributed by atoms with Crippen molar-refractivity contribution >= 4 is 39.8 Å². The number of sulfone groups is 1. The summed E-state index contributed by atoms with van der Waals surface area (Å²) in [5.74, 6) is -1.09. The summed E-state index contributed by atoms with van der Waals surface area (Å²) in [5.41, 5.74) is 2.41. The van der Waals surface area contributed by atoms with Crippen LogP contribution in [-0.2, 0) is 21.1 Å². The van der Waals surface area contributed by atoms with Gasteiger partial charge in [0.1, 0.15) is 5.75 Å². The average molecular weight is 415 g/mol. The van der Waals surface area contributed by atoms with Gasteiger partial charge in [-0.05, 0) is 48.4 Å². The molecule has 140 valence electrons. The highest BCUT2D eigenvalue weighted by Gasteiger charge is 2.22. The molecule has 0 aliphatic carbocycles. The Balaban J connectivity index is 0.00000243. The van der Waals surface area contributed by atoms with Gasteiger partial charge in [-0.15, -0.1) is 12.4 Å². The summed E-state index contributed by atoms with van der Waals surface area (Å²) < 4.78 is 24.6. The summed E-state index contributed by atoms with van der Waals surface area (Å²) in [4.78, 5) is 12.2. The SMILES string of the molecule is Cl.O=C(CS(=O)(=O)c1ccc(Cl)cc1)NCC1NCCc2ccccc21. The Kier molecular flexibility index (Phi) is 7.06. The second kappa shape index (κ2) is 8.86. The summed E-state index contributed by atoms with van der Waals surface area (Å²) in [5, 5.41) is 6.53. The molecule has 1 amide bonds. The van der Waals surface area contributed by atoms with Crippen LogP contribution in [0.1, 0.15) is 17.2 Å². The Hall–Kier alpha value is -1.60. The molecule has 0 spiro atoms. The summed E-state index contributed by atoms with van der Waals surface area (Å²) in [6.07, 6.45) is 0.950. The number of nitrogens with one attached hydrogen (secondary N) is 2. The quantitative estimate of drug-likeness (QED) is 0.787. The smallest absolute Gasteiger partial charge is 0.235 e. The highest BCUT2D eigenvalue weighted by Crippen LogP contribution is 2.22. The van der Waals surface area contributed by atoms with Crippen molar-refractivity contribution in [1.29, 1.82) is 0 Å². The molecular formula is C18H20Cl2N2O3S. The van der Waals surface area contributed by atoms with E-state index in [1.54, 1.807) is 0 Å². The molecule has 2 aromatic carbocycles. The van der Waals surface area contributed by atoms with Gasteiger partial charge in [0.25, 0.3) is 0 Å². The van der Waals surface area contributed by atoms with Crippen LogP contribution < -0.4 is 10.6 Å². The number of carbonyl (C=O) groups is 1. The summed E-state index contributed by atoms with van der Waals surface area (Å²) in [7, 11) is -3.68. The van der Waals surface area contributed by atoms with Crippen LogP contribution in [0.25, 0.3) is 0 Å². The van der Waals surface area contributed by atoms with Crippen molar-refractivity contribution in [2.24, 2.45) is 0 Å². The summed E-state index contributed by atoms with van der Waals surface area (Å²) >= 11 is 5.76. The van der Waals surface area contributed by atoms with Crippen molar-refractivity contribution in [1.82, 2.24) is 10.6 Å². The second-order valence-electron chi connectivity index (χ2n) is 5.97. The average Bonchev–Trinajstić information content (AvgIpc) is 2.60. The number of benzene rings is 2. The number of carbonyl (C=O) groups excluding carboxylic acids is 1. The van der Waals surface area contributed by atoms with Crippen LogP contribution in [0.5, 0.6) is 0 Å². The molecule has 1 unspecified atom stereocenters. The molecule has 0 fully saturated rings. The van der Waals surface area contributed by atoms with Crippen LogP contribution in [0.2, 0.25) is 5.02 Å². The minimum absolute atomic E-state index is 0. The number of amides is 1. The van der Waals surface area contributed by atoms with E-state index < -0.39 is 21.5 Å². The zero-order chi connectivity index (χ0) is 17.9. The van der Waals surface area contributed by atoms with Gasteiger partial charge in [-0.25, -0.2) is 8.42 Å². The number of halogens is 2. The Morgan fingerprint density at radius 3 is 2.58 bits per heavy atom. The molecule has 0 bridgehead atoms. The normalized spacial score (nSPS) is 16.3. The van der Waals surface area contributed by atoms with Crippen molar-refractivity contribution in [3.05, 3.63) is 64.7 Å². The third-order valence-corrected chi connectivity index (χ3v) is 6.10. The van der Waals surface area contributed by atoms with E-state index >= 15 is 0 Å². The standard InChI is InChI=1S/C18H19ClN2O3S.ClH/c19-14-5-7-15(8-6-14)25(23,24)12-18(22)21-11-17-16-4-2-1-3-13(16)9-10-20-17;/h1-8,17,20H,9-12H2,(H,21,22);1H. The Morgan fingerprint density at radius 2 is 1.85 bits per heavy atom. The first-order valence-electron chi connectivity index (χ1n) is 8.02. The van der Waals surface area contributed by atoms with Crippen LogP contribution in [-0.4, -0.2) is 33.2 Å². The molecule has 1 aliphatic rings. The number of rotatable bonds is 5. The first-order chi connectivity index (χ1) is 12.0. The fraction of sp³-hybridized carbons (Fsp3) is 0.278. The van der Waals surface area contributed by atoms with Crippen LogP contribution in [0, 0.1) is 0 Å². The molecule has 2 N–H and O–H groups in total. The van der Waals surface area contributed by atoms with Gasteiger partial charge in [0.2, 0.25) is 5.91 Å². The van der Waals surface area contributed by atoms with Crippen LogP contribution in [0.4, 0.5) is 0 Å². The minimum Gasteiger partial charge on any atom is -0.353 e. The maximum Gasteiger partial charge on any atom is 0.235 e. The van der Waals surface area contributed by atoms with Crippen molar-refractivity contribution in [2.45, 2.75) is 17.4 Å². The molecule has 2 aromatic rings.